The molecule has 2 unspecified atom stereocenters. The smallest absolute Gasteiger partial charge is 0.222 e. The molecule has 13 heavy (non-hydrogen) atoms. The van der Waals surface area contributed by atoms with Crippen LogP contribution in [0.3, 0.4) is 0 Å². The Kier molecular flexibility index (Phi) is 6.54. The van der Waals surface area contributed by atoms with E-state index in [2.05, 4.69) is 5.32 Å². The van der Waals surface area contributed by atoms with Crippen molar-refractivity contribution in [1.29, 1.82) is 0 Å². The van der Waals surface area contributed by atoms with E-state index in [1.165, 1.54) is 0 Å². The first-order valence-electron chi connectivity index (χ1n) is 4.60. The third kappa shape index (κ3) is 7.74. The first-order valence-corrected chi connectivity index (χ1v) is 4.60. The van der Waals surface area contributed by atoms with E-state index in [0.717, 1.165) is 6.42 Å². The Morgan fingerprint density at radius 2 is 2.15 bits per heavy atom. The van der Waals surface area contributed by atoms with Crippen LogP contribution in [0.2, 0.25) is 0 Å². The molecule has 0 aliphatic rings. The first kappa shape index (κ1) is 12.4. The highest BCUT2D eigenvalue weighted by molar-refractivity contribution is 5.76. The number of hydrogen-bond acceptors (Lipinski definition) is 3. The largest absolute Gasteiger partial charge is 0.384 e. The summed E-state index contributed by atoms with van der Waals surface area (Å²) in [5.41, 5.74) is 5.59. The lowest BCUT2D eigenvalue weighted by atomic mass is 10.1. The molecule has 0 radical (unpaired) electrons. The van der Waals surface area contributed by atoms with Crippen LogP contribution in [0, 0.1) is 0 Å². The van der Waals surface area contributed by atoms with Crippen LogP contribution < -0.4 is 11.1 Å². The average Bonchev–Trinajstić information content (AvgIpc) is 1.98. The van der Waals surface area contributed by atoms with Crippen molar-refractivity contribution in [1.82, 2.24) is 5.32 Å². The molecule has 0 aromatic rings. The summed E-state index contributed by atoms with van der Waals surface area (Å²) in [5.74, 6) is 0.0231. The van der Waals surface area contributed by atoms with Crippen LogP contribution in [-0.4, -0.2) is 31.7 Å². The zero-order valence-electron chi connectivity index (χ0n) is 8.67. The molecule has 0 aromatic heterocycles. The number of rotatable bonds is 6. The van der Waals surface area contributed by atoms with Gasteiger partial charge >= 0.3 is 0 Å². The van der Waals surface area contributed by atoms with Crippen LogP contribution in [-0.2, 0) is 9.53 Å². The Labute approximate surface area is 79.8 Å². The number of ether oxygens (including phenoxy) is 1. The number of nitrogens with one attached hydrogen (secondary N) is 1. The molecule has 0 aliphatic heterocycles. The lowest BCUT2D eigenvalue weighted by molar-refractivity contribution is -0.122. The average molecular weight is 188 g/mol. The van der Waals surface area contributed by atoms with Gasteiger partial charge in [0.05, 0.1) is 6.61 Å². The molecule has 0 saturated carbocycles. The summed E-state index contributed by atoms with van der Waals surface area (Å²) in [6, 6.07) is 0.266. The van der Waals surface area contributed by atoms with Gasteiger partial charge in [-0.3, -0.25) is 4.79 Å². The molecular formula is C9H20N2O2. The molecule has 0 fully saturated rings. The monoisotopic (exact) mass is 188 g/mol. The van der Waals surface area contributed by atoms with Gasteiger partial charge in [0.1, 0.15) is 0 Å². The van der Waals surface area contributed by atoms with Crippen LogP contribution >= 0.6 is 0 Å². The van der Waals surface area contributed by atoms with E-state index in [4.69, 9.17) is 10.5 Å². The number of amides is 1. The standard InChI is InChI=1S/C9H20N2O2/c1-7(10)6-8(2)11-9(12)4-5-13-3/h7-8H,4-6,10H2,1-3H3,(H,11,12). The van der Waals surface area contributed by atoms with E-state index in [1.807, 2.05) is 13.8 Å². The molecule has 78 valence electrons. The van der Waals surface area contributed by atoms with Crippen LogP contribution in [0.15, 0.2) is 0 Å². The third-order valence-corrected chi connectivity index (χ3v) is 1.67. The number of nitrogens with two attached hydrogens (primary N) is 1. The molecule has 0 saturated heterocycles. The highest BCUT2D eigenvalue weighted by Crippen LogP contribution is 1.95. The summed E-state index contributed by atoms with van der Waals surface area (Å²) < 4.78 is 4.79. The maximum Gasteiger partial charge on any atom is 0.222 e. The van der Waals surface area contributed by atoms with Crippen LogP contribution in [0.5, 0.6) is 0 Å². The van der Waals surface area contributed by atoms with Crippen molar-refractivity contribution in [2.24, 2.45) is 5.73 Å². The van der Waals surface area contributed by atoms with E-state index in [0.29, 0.717) is 13.0 Å². The topological polar surface area (TPSA) is 64.3 Å². The van der Waals surface area contributed by atoms with Gasteiger partial charge in [0.25, 0.3) is 0 Å². The van der Waals surface area contributed by atoms with Gasteiger partial charge in [-0.25, -0.2) is 0 Å². The second-order valence-electron chi connectivity index (χ2n) is 3.42. The quantitative estimate of drug-likeness (QED) is 0.628. The number of carbonyl (C=O) groups is 1. The highest BCUT2D eigenvalue weighted by Gasteiger charge is 2.08. The fraction of sp³-hybridized carbons (Fsp3) is 0.889. The molecule has 3 N–H and O–H groups in total. The van der Waals surface area contributed by atoms with Crippen molar-refractivity contribution in [2.75, 3.05) is 13.7 Å². The molecule has 0 aliphatic carbocycles. The summed E-state index contributed by atoms with van der Waals surface area (Å²) in [5, 5.41) is 2.85. The Hall–Kier alpha value is -0.610. The first-order chi connectivity index (χ1) is 6.06. The summed E-state index contributed by atoms with van der Waals surface area (Å²) >= 11 is 0. The van der Waals surface area contributed by atoms with Crippen LogP contribution in [0.1, 0.15) is 26.7 Å². The summed E-state index contributed by atoms with van der Waals surface area (Å²) in [6.45, 7) is 4.35. The van der Waals surface area contributed by atoms with E-state index in [9.17, 15) is 4.79 Å². The predicted molar refractivity (Wildman–Crippen MR) is 52.4 cm³/mol. The van der Waals surface area contributed by atoms with Gasteiger partial charge < -0.3 is 15.8 Å². The molecule has 0 aromatic carbocycles. The minimum absolute atomic E-state index is 0.0231. The van der Waals surface area contributed by atoms with Gasteiger partial charge in [0.15, 0.2) is 0 Å². The van der Waals surface area contributed by atoms with Gasteiger partial charge in [-0.05, 0) is 20.3 Å². The Balaban J connectivity index is 3.53. The molecule has 0 bridgehead atoms. The Morgan fingerprint density at radius 1 is 1.54 bits per heavy atom. The van der Waals surface area contributed by atoms with Crippen molar-refractivity contribution in [3.05, 3.63) is 0 Å². The van der Waals surface area contributed by atoms with Gasteiger partial charge in [0, 0.05) is 25.6 Å². The lowest BCUT2D eigenvalue weighted by Crippen LogP contribution is -2.36. The molecule has 0 heterocycles. The minimum Gasteiger partial charge on any atom is -0.384 e. The van der Waals surface area contributed by atoms with E-state index in [-0.39, 0.29) is 18.0 Å². The van der Waals surface area contributed by atoms with Crippen molar-refractivity contribution in [3.8, 4) is 0 Å². The molecule has 4 heteroatoms. The van der Waals surface area contributed by atoms with Gasteiger partial charge in [-0.15, -0.1) is 0 Å². The van der Waals surface area contributed by atoms with E-state index < -0.39 is 0 Å². The van der Waals surface area contributed by atoms with Crippen molar-refractivity contribution < 1.29 is 9.53 Å². The SMILES string of the molecule is COCCC(=O)NC(C)CC(C)N. The van der Waals surface area contributed by atoms with Crippen molar-refractivity contribution in [2.45, 2.75) is 38.8 Å². The number of hydrogen-bond donors (Lipinski definition) is 2. The minimum atomic E-state index is 0.0231. The maximum absolute atomic E-state index is 11.2. The van der Waals surface area contributed by atoms with E-state index >= 15 is 0 Å². The van der Waals surface area contributed by atoms with Gasteiger partial charge in [0.2, 0.25) is 5.91 Å². The molecule has 1 amide bonds. The molecule has 0 rings (SSSR count). The molecule has 4 nitrogen and oxygen atoms in total. The summed E-state index contributed by atoms with van der Waals surface area (Å²) in [7, 11) is 1.58. The fourth-order valence-electron chi connectivity index (χ4n) is 1.16. The highest BCUT2D eigenvalue weighted by atomic mass is 16.5. The summed E-state index contributed by atoms with van der Waals surface area (Å²) in [4.78, 5) is 11.2. The number of methoxy groups -OCH3 is 1. The predicted octanol–water partition coefficient (Wildman–Crippen LogP) is 0.265. The second kappa shape index (κ2) is 6.86. The van der Waals surface area contributed by atoms with Crippen molar-refractivity contribution in [3.63, 3.8) is 0 Å². The zero-order chi connectivity index (χ0) is 10.3. The lowest BCUT2D eigenvalue weighted by Gasteiger charge is -2.15. The second-order valence-corrected chi connectivity index (χ2v) is 3.42. The molecule has 0 spiro atoms. The molecular weight excluding hydrogens is 168 g/mol. The van der Waals surface area contributed by atoms with Gasteiger partial charge in [-0.1, -0.05) is 0 Å². The third-order valence-electron chi connectivity index (χ3n) is 1.67. The fourth-order valence-corrected chi connectivity index (χ4v) is 1.16. The zero-order valence-corrected chi connectivity index (χ0v) is 8.67. The Morgan fingerprint density at radius 3 is 2.62 bits per heavy atom. The number of carbonyl (C=O) groups excluding carboxylic acids is 1. The Bertz CT molecular complexity index is 149. The van der Waals surface area contributed by atoms with E-state index in [1.54, 1.807) is 7.11 Å². The van der Waals surface area contributed by atoms with Crippen LogP contribution in [0.25, 0.3) is 0 Å². The normalized spacial score (nSPS) is 15.1. The maximum atomic E-state index is 11.2. The summed E-state index contributed by atoms with van der Waals surface area (Å²) in [6.07, 6.45) is 1.22. The van der Waals surface area contributed by atoms with Gasteiger partial charge in [-0.2, -0.15) is 0 Å². The van der Waals surface area contributed by atoms with Crippen molar-refractivity contribution >= 4 is 5.91 Å². The molecule has 2 atom stereocenters. The van der Waals surface area contributed by atoms with Crippen LogP contribution in [0.4, 0.5) is 0 Å².